The van der Waals surface area contributed by atoms with Crippen molar-refractivity contribution < 1.29 is 28.4 Å². The molecular weight excluding hydrogens is 503 g/mol. The summed E-state index contributed by atoms with van der Waals surface area (Å²) in [6, 6.07) is -0.762. The van der Waals surface area contributed by atoms with Crippen molar-refractivity contribution in [2.24, 2.45) is 5.73 Å². The molecule has 0 aliphatic carbocycles. The Kier molecular flexibility index (Phi) is 26.4. The molecule has 0 aromatic rings. The highest BCUT2D eigenvalue weighted by molar-refractivity contribution is 7.47. The Hall–Kier alpha value is -0.500. The first kappa shape index (κ1) is 37.5. The number of amides is 1. The third-order valence-electron chi connectivity index (χ3n) is 6.96. The SMILES string of the molecule is CCCCCCCCCCCC[C@@H](O)[C@H](COP(=O)(O)OCCN)NC(=O)CCCCCCCCCCC. The van der Waals surface area contributed by atoms with Crippen LogP contribution in [0.1, 0.15) is 149 Å². The molecule has 0 bridgehead atoms. The minimum absolute atomic E-state index is 0.0914. The lowest BCUT2D eigenvalue weighted by molar-refractivity contribution is -0.123. The minimum Gasteiger partial charge on any atom is -0.391 e. The van der Waals surface area contributed by atoms with Crippen LogP contribution in [0.4, 0.5) is 0 Å². The summed E-state index contributed by atoms with van der Waals surface area (Å²) in [5.74, 6) is -0.167. The van der Waals surface area contributed by atoms with Crippen LogP contribution >= 0.6 is 7.82 Å². The van der Waals surface area contributed by atoms with Crippen molar-refractivity contribution in [2.75, 3.05) is 19.8 Å². The fraction of sp³-hybridized carbons (Fsp3) is 0.966. The first-order chi connectivity index (χ1) is 18.4. The zero-order chi connectivity index (χ0) is 28.3. The number of unbranched alkanes of at least 4 members (excludes halogenated alkanes) is 17. The van der Waals surface area contributed by atoms with Gasteiger partial charge in [0.05, 0.1) is 25.4 Å². The summed E-state index contributed by atoms with van der Waals surface area (Å²) in [6.07, 6.45) is 22.5. The number of phosphoric ester groups is 1. The normalized spacial score (nSPS) is 14.8. The van der Waals surface area contributed by atoms with Crippen molar-refractivity contribution in [1.82, 2.24) is 5.32 Å². The topological polar surface area (TPSA) is 131 Å². The molecule has 1 unspecified atom stereocenters. The van der Waals surface area contributed by atoms with Gasteiger partial charge in [-0.05, 0) is 12.8 Å². The monoisotopic (exact) mass is 564 g/mol. The predicted molar refractivity (Wildman–Crippen MR) is 157 cm³/mol. The van der Waals surface area contributed by atoms with Gasteiger partial charge >= 0.3 is 7.82 Å². The lowest BCUT2D eigenvalue weighted by atomic mass is 10.0. The fourth-order valence-corrected chi connectivity index (χ4v) is 5.31. The number of aliphatic hydroxyl groups is 1. The zero-order valence-corrected chi connectivity index (χ0v) is 25.6. The van der Waals surface area contributed by atoms with Crippen molar-refractivity contribution in [3.63, 3.8) is 0 Å². The fourth-order valence-electron chi connectivity index (χ4n) is 4.55. The summed E-state index contributed by atoms with van der Waals surface area (Å²) >= 11 is 0. The summed E-state index contributed by atoms with van der Waals surface area (Å²) in [6.45, 7) is 4.14. The second-order valence-corrected chi connectivity index (χ2v) is 12.1. The summed E-state index contributed by atoms with van der Waals surface area (Å²) < 4.78 is 21.9. The van der Waals surface area contributed by atoms with E-state index >= 15 is 0 Å². The zero-order valence-electron chi connectivity index (χ0n) is 24.7. The number of phosphoric acid groups is 1. The van der Waals surface area contributed by atoms with Crippen LogP contribution < -0.4 is 11.1 Å². The summed E-state index contributed by atoms with van der Waals surface area (Å²) in [7, 11) is -4.29. The predicted octanol–water partition coefficient (Wildman–Crippen LogP) is 7.16. The molecule has 0 fully saturated rings. The summed E-state index contributed by atoms with van der Waals surface area (Å²) in [4.78, 5) is 22.4. The Balaban J connectivity index is 4.37. The number of hydrogen-bond donors (Lipinski definition) is 4. The number of carbonyl (C=O) groups excluding carboxylic acids is 1. The van der Waals surface area contributed by atoms with Crippen molar-refractivity contribution in [2.45, 2.75) is 161 Å². The van der Waals surface area contributed by atoms with Crippen LogP contribution in [0.3, 0.4) is 0 Å². The number of rotatable bonds is 29. The van der Waals surface area contributed by atoms with Gasteiger partial charge in [0.15, 0.2) is 0 Å². The Morgan fingerprint density at radius 3 is 1.68 bits per heavy atom. The van der Waals surface area contributed by atoms with Gasteiger partial charge in [0.2, 0.25) is 5.91 Å². The van der Waals surface area contributed by atoms with Gasteiger partial charge in [0.25, 0.3) is 0 Å². The average molecular weight is 565 g/mol. The highest BCUT2D eigenvalue weighted by Gasteiger charge is 2.27. The molecule has 8 nitrogen and oxygen atoms in total. The average Bonchev–Trinajstić information content (AvgIpc) is 2.89. The van der Waals surface area contributed by atoms with E-state index in [0.717, 1.165) is 38.5 Å². The Labute approximate surface area is 233 Å². The van der Waals surface area contributed by atoms with E-state index in [4.69, 9.17) is 14.8 Å². The van der Waals surface area contributed by atoms with Crippen LogP contribution in [0.2, 0.25) is 0 Å². The Morgan fingerprint density at radius 2 is 1.21 bits per heavy atom. The lowest BCUT2D eigenvalue weighted by Gasteiger charge is -2.25. The third-order valence-corrected chi connectivity index (χ3v) is 7.95. The molecule has 9 heteroatoms. The number of nitrogens with one attached hydrogen (secondary N) is 1. The molecule has 0 aliphatic rings. The standard InChI is InChI=1S/C29H61N2O6P/c1-3-5-7-9-11-13-15-16-18-20-22-28(32)27(26-37-38(34,35)36-25-24-30)31-29(33)23-21-19-17-14-12-10-8-6-4-2/h27-28,32H,3-26,30H2,1-2H3,(H,31,33)(H,34,35)/t27-,28+/m0/s1. The lowest BCUT2D eigenvalue weighted by Crippen LogP contribution is -2.46. The van der Waals surface area contributed by atoms with Crippen LogP contribution in [0.15, 0.2) is 0 Å². The van der Waals surface area contributed by atoms with Crippen LogP contribution in [0.5, 0.6) is 0 Å². The highest BCUT2D eigenvalue weighted by atomic mass is 31.2. The van der Waals surface area contributed by atoms with E-state index in [9.17, 15) is 19.4 Å². The Morgan fingerprint density at radius 1 is 0.763 bits per heavy atom. The van der Waals surface area contributed by atoms with Crippen LogP contribution in [0.25, 0.3) is 0 Å². The van der Waals surface area contributed by atoms with E-state index < -0.39 is 20.0 Å². The molecule has 0 saturated heterocycles. The number of hydrogen-bond acceptors (Lipinski definition) is 6. The molecular formula is C29H61N2O6P. The maximum absolute atomic E-state index is 12.5. The van der Waals surface area contributed by atoms with Crippen molar-refractivity contribution >= 4 is 13.7 Å². The molecule has 0 radical (unpaired) electrons. The van der Waals surface area contributed by atoms with Crippen LogP contribution in [0, 0.1) is 0 Å². The van der Waals surface area contributed by atoms with Gasteiger partial charge < -0.3 is 21.1 Å². The molecule has 228 valence electrons. The van der Waals surface area contributed by atoms with Crippen LogP contribution in [-0.2, 0) is 18.4 Å². The maximum atomic E-state index is 12.5. The number of nitrogens with two attached hydrogens (primary N) is 1. The van der Waals surface area contributed by atoms with E-state index in [1.165, 1.54) is 83.5 Å². The van der Waals surface area contributed by atoms with Gasteiger partial charge in [-0.25, -0.2) is 4.57 Å². The third kappa shape index (κ3) is 24.5. The summed E-state index contributed by atoms with van der Waals surface area (Å²) in [5.41, 5.74) is 5.33. The molecule has 0 aromatic heterocycles. The molecule has 0 heterocycles. The number of carbonyl (C=O) groups is 1. The van der Waals surface area contributed by atoms with Gasteiger partial charge in [0, 0.05) is 13.0 Å². The van der Waals surface area contributed by atoms with Gasteiger partial charge in [-0.3, -0.25) is 13.8 Å². The molecule has 1 amide bonds. The van der Waals surface area contributed by atoms with Crippen molar-refractivity contribution in [1.29, 1.82) is 0 Å². The van der Waals surface area contributed by atoms with E-state index in [1.54, 1.807) is 0 Å². The molecule has 0 rings (SSSR count). The van der Waals surface area contributed by atoms with Gasteiger partial charge in [-0.1, -0.05) is 129 Å². The second-order valence-electron chi connectivity index (χ2n) is 10.7. The quantitative estimate of drug-likeness (QED) is 0.0560. The summed E-state index contributed by atoms with van der Waals surface area (Å²) in [5, 5.41) is 13.6. The molecule has 3 atom stereocenters. The van der Waals surface area contributed by atoms with Gasteiger partial charge in [0.1, 0.15) is 0 Å². The smallest absolute Gasteiger partial charge is 0.391 e. The first-order valence-corrected chi connectivity index (χ1v) is 17.1. The number of aliphatic hydroxyl groups excluding tert-OH is 1. The first-order valence-electron chi connectivity index (χ1n) is 15.7. The minimum atomic E-state index is -4.29. The highest BCUT2D eigenvalue weighted by Crippen LogP contribution is 2.43. The second kappa shape index (κ2) is 26.7. The van der Waals surface area contributed by atoms with E-state index in [2.05, 4.69) is 19.2 Å². The molecule has 0 spiro atoms. The Bertz CT molecular complexity index is 581. The van der Waals surface area contributed by atoms with E-state index in [1.807, 2.05) is 0 Å². The van der Waals surface area contributed by atoms with Crippen molar-refractivity contribution in [3.05, 3.63) is 0 Å². The van der Waals surface area contributed by atoms with Crippen molar-refractivity contribution in [3.8, 4) is 0 Å². The molecule has 38 heavy (non-hydrogen) atoms. The molecule has 0 aliphatic heterocycles. The van der Waals surface area contributed by atoms with E-state index in [-0.39, 0.29) is 25.7 Å². The van der Waals surface area contributed by atoms with Gasteiger partial charge in [-0.15, -0.1) is 0 Å². The van der Waals surface area contributed by atoms with E-state index in [0.29, 0.717) is 12.8 Å². The molecule has 5 N–H and O–H groups in total. The van der Waals surface area contributed by atoms with Gasteiger partial charge in [-0.2, -0.15) is 0 Å². The molecule has 0 aromatic carbocycles. The van der Waals surface area contributed by atoms with Crippen LogP contribution in [-0.4, -0.2) is 47.8 Å². The maximum Gasteiger partial charge on any atom is 0.472 e. The largest absolute Gasteiger partial charge is 0.472 e. The molecule has 0 saturated carbocycles.